The normalized spacial score (nSPS) is 11.9. The van der Waals surface area contributed by atoms with Crippen LogP contribution >= 0.6 is 0 Å². The molecule has 0 bridgehead atoms. The number of aromatic nitrogens is 2. The highest BCUT2D eigenvalue weighted by molar-refractivity contribution is 6.23. The zero-order valence-electron chi connectivity index (χ0n) is 27.6. The molecule has 0 atom stereocenters. The molecule has 51 heavy (non-hydrogen) atoms. The summed E-state index contributed by atoms with van der Waals surface area (Å²) >= 11 is 0. The van der Waals surface area contributed by atoms with Crippen molar-refractivity contribution in [1.29, 1.82) is 0 Å². The summed E-state index contributed by atoms with van der Waals surface area (Å²) in [5, 5.41) is 7.16. The fraction of sp³-hybridized carbons (Fsp3) is 0. The number of furan rings is 1. The number of hydrogen-bond acceptors (Lipinski definition) is 1. The molecule has 0 N–H and O–H groups in total. The van der Waals surface area contributed by atoms with E-state index in [-0.39, 0.29) is 0 Å². The van der Waals surface area contributed by atoms with Crippen molar-refractivity contribution in [3.63, 3.8) is 0 Å². The molecule has 8 aromatic carbocycles. The van der Waals surface area contributed by atoms with Crippen molar-refractivity contribution in [3.05, 3.63) is 182 Å². The molecule has 11 rings (SSSR count). The molecule has 11 aromatic rings. The molecule has 0 unspecified atom stereocenters. The fourth-order valence-electron chi connectivity index (χ4n) is 8.20. The molecule has 0 aliphatic heterocycles. The number of hydrogen-bond donors (Lipinski definition) is 0. The van der Waals surface area contributed by atoms with Gasteiger partial charge in [-0.3, -0.25) is 0 Å². The Labute approximate surface area is 293 Å². The lowest BCUT2D eigenvalue weighted by Crippen LogP contribution is -1.94. The van der Waals surface area contributed by atoms with Crippen molar-refractivity contribution in [2.75, 3.05) is 0 Å². The lowest BCUT2D eigenvalue weighted by atomic mass is 9.99. The third-order valence-corrected chi connectivity index (χ3v) is 10.5. The standard InChI is InChI=1S/C48H30N2O/c1-2-12-35(13-3-1)49-42-18-7-4-15-37(42)41-30-34(25-27-44(41)49)32-23-21-31(22-24-32)33-11-10-14-36(29-33)50-43-19-8-5-17-40(43)47-45(50)28-26-39-38-16-6-9-20-46(38)51-48(39)47/h1-30H. The fourth-order valence-corrected chi connectivity index (χ4v) is 8.20. The van der Waals surface area contributed by atoms with Crippen LogP contribution < -0.4 is 0 Å². The second-order valence-corrected chi connectivity index (χ2v) is 13.3. The molecule has 0 amide bonds. The Balaban J connectivity index is 1.00. The summed E-state index contributed by atoms with van der Waals surface area (Å²) in [5.74, 6) is 0. The van der Waals surface area contributed by atoms with Gasteiger partial charge in [0.15, 0.2) is 0 Å². The maximum Gasteiger partial charge on any atom is 0.145 e. The maximum absolute atomic E-state index is 6.52. The van der Waals surface area contributed by atoms with Crippen LogP contribution in [0.3, 0.4) is 0 Å². The first-order valence-corrected chi connectivity index (χ1v) is 17.4. The Bertz CT molecular complexity index is 3120. The molecule has 0 saturated heterocycles. The van der Waals surface area contributed by atoms with Gasteiger partial charge in [-0.15, -0.1) is 0 Å². The molecule has 3 heteroatoms. The van der Waals surface area contributed by atoms with Crippen molar-refractivity contribution in [2.45, 2.75) is 0 Å². The summed E-state index contributed by atoms with van der Waals surface area (Å²) < 4.78 is 11.2. The molecule has 3 nitrogen and oxygen atoms in total. The van der Waals surface area contributed by atoms with Crippen LogP contribution in [-0.4, -0.2) is 9.13 Å². The number of fused-ring (bicyclic) bond motifs is 10. The second kappa shape index (κ2) is 10.8. The Morgan fingerprint density at radius 3 is 1.69 bits per heavy atom. The van der Waals surface area contributed by atoms with Gasteiger partial charge in [0.2, 0.25) is 0 Å². The van der Waals surface area contributed by atoms with Gasteiger partial charge in [0.05, 0.1) is 27.5 Å². The van der Waals surface area contributed by atoms with Crippen molar-refractivity contribution in [2.24, 2.45) is 0 Å². The highest BCUT2D eigenvalue weighted by Crippen LogP contribution is 2.41. The van der Waals surface area contributed by atoms with E-state index in [0.717, 1.165) is 44.0 Å². The number of rotatable bonds is 4. The van der Waals surface area contributed by atoms with Crippen molar-refractivity contribution in [1.82, 2.24) is 9.13 Å². The molecule has 0 spiro atoms. The minimum Gasteiger partial charge on any atom is -0.455 e. The Hall–Kier alpha value is -6.84. The topological polar surface area (TPSA) is 23.0 Å². The molecule has 0 aliphatic rings. The molecule has 0 saturated carbocycles. The third-order valence-electron chi connectivity index (χ3n) is 10.5. The molecule has 0 fully saturated rings. The smallest absolute Gasteiger partial charge is 0.145 e. The quantitative estimate of drug-likeness (QED) is 0.186. The van der Waals surface area contributed by atoms with E-state index in [2.05, 4.69) is 185 Å². The van der Waals surface area contributed by atoms with E-state index in [9.17, 15) is 0 Å². The second-order valence-electron chi connectivity index (χ2n) is 13.3. The summed E-state index contributed by atoms with van der Waals surface area (Å²) in [7, 11) is 0. The molecule has 3 aromatic heterocycles. The molecular formula is C48H30N2O. The first kappa shape index (κ1) is 28.0. The van der Waals surface area contributed by atoms with Crippen LogP contribution in [-0.2, 0) is 0 Å². The monoisotopic (exact) mass is 650 g/mol. The van der Waals surface area contributed by atoms with Crippen molar-refractivity contribution < 1.29 is 4.42 Å². The molecule has 3 heterocycles. The van der Waals surface area contributed by atoms with E-state index in [1.807, 2.05) is 6.07 Å². The molecule has 238 valence electrons. The highest BCUT2D eigenvalue weighted by atomic mass is 16.3. The summed E-state index contributed by atoms with van der Waals surface area (Å²) in [4.78, 5) is 0. The molecule has 0 aliphatic carbocycles. The predicted molar refractivity (Wildman–Crippen MR) is 213 cm³/mol. The van der Waals surface area contributed by atoms with Gasteiger partial charge in [0.1, 0.15) is 11.2 Å². The van der Waals surface area contributed by atoms with Gasteiger partial charge in [-0.05, 0) is 89.0 Å². The van der Waals surface area contributed by atoms with Crippen LogP contribution in [0, 0.1) is 0 Å². The van der Waals surface area contributed by atoms with Gasteiger partial charge in [-0.2, -0.15) is 0 Å². The number of nitrogens with zero attached hydrogens (tertiary/aromatic N) is 2. The van der Waals surface area contributed by atoms with Crippen LogP contribution in [0.25, 0.3) is 99.2 Å². The highest BCUT2D eigenvalue weighted by Gasteiger charge is 2.19. The van der Waals surface area contributed by atoms with E-state index in [1.165, 1.54) is 55.1 Å². The van der Waals surface area contributed by atoms with Gasteiger partial charge in [-0.1, -0.05) is 115 Å². The van der Waals surface area contributed by atoms with Crippen LogP contribution in [0.1, 0.15) is 0 Å². The lowest BCUT2D eigenvalue weighted by molar-refractivity contribution is 0.673. The molecular weight excluding hydrogens is 621 g/mol. The van der Waals surface area contributed by atoms with Crippen LogP contribution in [0.2, 0.25) is 0 Å². The van der Waals surface area contributed by atoms with Crippen molar-refractivity contribution >= 4 is 65.6 Å². The first-order chi connectivity index (χ1) is 25.3. The lowest BCUT2D eigenvalue weighted by Gasteiger charge is -2.11. The van der Waals surface area contributed by atoms with Crippen LogP contribution in [0.15, 0.2) is 186 Å². The summed E-state index contributed by atoms with van der Waals surface area (Å²) in [6.07, 6.45) is 0. The predicted octanol–water partition coefficient (Wildman–Crippen LogP) is 13.1. The SMILES string of the molecule is c1ccc(-n2c3ccccc3c3cc(-c4ccc(-c5cccc(-n6c7ccccc7c7c8oc9ccccc9c8ccc76)c5)cc4)ccc32)cc1. The van der Waals surface area contributed by atoms with E-state index >= 15 is 0 Å². The van der Waals surface area contributed by atoms with E-state index in [4.69, 9.17) is 4.42 Å². The summed E-state index contributed by atoms with van der Waals surface area (Å²) in [5.41, 5.74) is 13.7. The van der Waals surface area contributed by atoms with Gasteiger partial charge in [0, 0.05) is 38.3 Å². The molecule has 0 radical (unpaired) electrons. The Morgan fingerprint density at radius 2 is 0.882 bits per heavy atom. The average molecular weight is 651 g/mol. The maximum atomic E-state index is 6.52. The summed E-state index contributed by atoms with van der Waals surface area (Å²) in [6.45, 7) is 0. The average Bonchev–Trinajstić information content (AvgIpc) is 3.86. The number of para-hydroxylation sites is 4. The van der Waals surface area contributed by atoms with Gasteiger partial charge >= 0.3 is 0 Å². The van der Waals surface area contributed by atoms with E-state index in [0.29, 0.717) is 0 Å². The Kier molecular flexibility index (Phi) is 5.96. The van der Waals surface area contributed by atoms with Gasteiger partial charge in [-0.25, -0.2) is 0 Å². The van der Waals surface area contributed by atoms with E-state index in [1.54, 1.807) is 0 Å². The van der Waals surface area contributed by atoms with Crippen LogP contribution in [0.4, 0.5) is 0 Å². The van der Waals surface area contributed by atoms with Gasteiger partial charge < -0.3 is 13.6 Å². The Morgan fingerprint density at radius 1 is 0.314 bits per heavy atom. The zero-order chi connectivity index (χ0) is 33.5. The summed E-state index contributed by atoms with van der Waals surface area (Å²) in [6, 6.07) is 65.4. The zero-order valence-corrected chi connectivity index (χ0v) is 27.6. The third kappa shape index (κ3) is 4.19. The van der Waals surface area contributed by atoms with Crippen molar-refractivity contribution in [3.8, 4) is 33.6 Å². The largest absolute Gasteiger partial charge is 0.455 e. The minimum absolute atomic E-state index is 0.918. The van der Waals surface area contributed by atoms with E-state index < -0.39 is 0 Å². The minimum atomic E-state index is 0.918. The van der Waals surface area contributed by atoms with Gasteiger partial charge in [0.25, 0.3) is 0 Å². The number of benzene rings is 8. The first-order valence-electron chi connectivity index (χ1n) is 17.4. The van der Waals surface area contributed by atoms with Crippen LogP contribution in [0.5, 0.6) is 0 Å².